The predicted octanol–water partition coefficient (Wildman–Crippen LogP) is 2.66. The summed E-state index contributed by atoms with van der Waals surface area (Å²) in [6, 6.07) is 6.96. The molecule has 0 bridgehead atoms. The topological polar surface area (TPSA) is 46.3 Å². The zero-order valence-electron chi connectivity index (χ0n) is 9.49. The van der Waals surface area contributed by atoms with Crippen molar-refractivity contribution in [2.75, 3.05) is 13.6 Å². The molecule has 0 aliphatic carbocycles. The molecule has 0 aliphatic heterocycles. The first-order valence-corrected chi connectivity index (χ1v) is 6.17. The van der Waals surface area contributed by atoms with Crippen LogP contribution < -0.4 is 5.73 Å². The van der Waals surface area contributed by atoms with Gasteiger partial charge in [-0.2, -0.15) is 0 Å². The highest BCUT2D eigenvalue weighted by Crippen LogP contribution is 2.23. The van der Waals surface area contributed by atoms with E-state index in [1.54, 1.807) is 11.9 Å². The van der Waals surface area contributed by atoms with Crippen molar-refractivity contribution < 1.29 is 4.79 Å². The molecular weight excluding hydrogens is 304 g/mol. The largest absolute Gasteiger partial charge is 0.368 e. The second kappa shape index (κ2) is 6.19. The summed E-state index contributed by atoms with van der Waals surface area (Å²) in [6.07, 6.45) is 0. The molecule has 1 atom stereocenters. The van der Waals surface area contributed by atoms with Gasteiger partial charge in [0.2, 0.25) is 5.91 Å². The van der Waals surface area contributed by atoms with Crippen LogP contribution in [-0.2, 0) is 4.79 Å². The lowest BCUT2D eigenvalue weighted by molar-refractivity contribution is -0.122. The van der Waals surface area contributed by atoms with Crippen molar-refractivity contribution in [1.29, 1.82) is 0 Å². The van der Waals surface area contributed by atoms with Crippen LogP contribution in [0.3, 0.4) is 0 Å². The zero-order chi connectivity index (χ0) is 13.0. The molecule has 2 N–H and O–H groups in total. The molecule has 0 saturated heterocycles. The van der Waals surface area contributed by atoms with Crippen LogP contribution in [0.4, 0.5) is 0 Å². The second-order valence-corrected chi connectivity index (χ2v) is 5.24. The smallest absolute Gasteiger partial charge is 0.239 e. The Hall–Kier alpha value is -0.840. The minimum absolute atomic E-state index is 0.404. The Labute approximate surface area is 114 Å². The highest BCUT2D eigenvalue weighted by atomic mass is 79.9. The van der Waals surface area contributed by atoms with Gasteiger partial charge in [0.05, 0.1) is 0 Å². The number of amides is 1. The highest BCUT2D eigenvalue weighted by molar-refractivity contribution is 9.10. The van der Waals surface area contributed by atoms with Gasteiger partial charge >= 0.3 is 0 Å². The molecule has 0 radical (unpaired) electrons. The van der Waals surface area contributed by atoms with Crippen LogP contribution in [0.25, 0.3) is 0 Å². The number of likely N-dealkylation sites (N-methyl/N-ethyl adjacent to an activating group) is 1. The number of hydrogen-bond acceptors (Lipinski definition) is 2. The van der Waals surface area contributed by atoms with Crippen molar-refractivity contribution in [3.8, 4) is 0 Å². The maximum atomic E-state index is 11.5. The zero-order valence-corrected chi connectivity index (χ0v) is 11.8. The monoisotopic (exact) mass is 316 g/mol. The Morgan fingerprint density at radius 3 is 2.76 bits per heavy atom. The molecule has 0 spiro atoms. The molecule has 0 aliphatic rings. The Morgan fingerprint density at radius 2 is 2.29 bits per heavy atom. The van der Waals surface area contributed by atoms with Crippen LogP contribution in [0, 0.1) is 0 Å². The first-order valence-electron chi connectivity index (χ1n) is 5.00. The van der Waals surface area contributed by atoms with Crippen molar-refractivity contribution >= 4 is 33.4 Å². The van der Waals surface area contributed by atoms with E-state index in [1.807, 2.05) is 24.3 Å². The fraction of sp³-hybridized carbons (Fsp3) is 0.250. The first kappa shape index (κ1) is 14.2. The quantitative estimate of drug-likeness (QED) is 0.907. The number of nitrogens with zero attached hydrogens (tertiary/aromatic N) is 1. The van der Waals surface area contributed by atoms with Crippen molar-refractivity contribution in [3.63, 3.8) is 0 Å². The van der Waals surface area contributed by atoms with Gasteiger partial charge in [0.25, 0.3) is 0 Å². The number of benzene rings is 1. The molecule has 0 saturated carbocycles. The van der Waals surface area contributed by atoms with E-state index in [9.17, 15) is 4.79 Å². The summed E-state index contributed by atoms with van der Waals surface area (Å²) in [5.41, 5.74) is 6.25. The summed E-state index contributed by atoms with van der Waals surface area (Å²) in [6.45, 7) is 4.01. The molecule has 17 heavy (non-hydrogen) atoms. The second-order valence-electron chi connectivity index (χ2n) is 3.79. The molecule has 1 unspecified atom stereocenters. The number of nitrogens with two attached hydrogens (primary N) is 1. The number of halogens is 2. The van der Waals surface area contributed by atoms with Gasteiger partial charge in [0.15, 0.2) is 0 Å². The SMILES string of the molecule is C=C(Cl)CN(C)C(C(N)=O)c1cccc(Br)c1. The molecule has 1 aromatic carbocycles. The number of primary amides is 1. The summed E-state index contributed by atoms with van der Waals surface area (Å²) in [4.78, 5) is 13.3. The fourth-order valence-corrected chi connectivity index (χ4v) is 2.28. The van der Waals surface area contributed by atoms with Gasteiger partial charge in [-0.3, -0.25) is 9.69 Å². The van der Waals surface area contributed by atoms with Crippen LogP contribution in [0.1, 0.15) is 11.6 Å². The van der Waals surface area contributed by atoms with Crippen molar-refractivity contribution in [1.82, 2.24) is 4.90 Å². The molecule has 1 aromatic rings. The third-order valence-corrected chi connectivity index (χ3v) is 2.91. The van der Waals surface area contributed by atoms with Crippen molar-refractivity contribution in [3.05, 3.63) is 45.9 Å². The Balaban J connectivity index is 3.01. The van der Waals surface area contributed by atoms with Gasteiger partial charge < -0.3 is 5.73 Å². The maximum Gasteiger partial charge on any atom is 0.239 e. The summed E-state index contributed by atoms with van der Waals surface area (Å²) >= 11 is 9.11. The van der Waals surface area contributed by atoms with Gasteiger partial charge in [-0.05, 0) is 24.7 Å². The summed E-state index contributed by atoms with van der Waals surface area (Å²) in [7, 11) is 1.78. The van der Waals surface area contributed by atoms with Gasteiger partial charge in [-0.15, -0.1) is 0 Å². The van der Waals surface area contributed by atoms with E-state index >= 15 is 0 Å². The van der Waals surface area contributed by atoms with Crippen LogP contribution in [-0.4, -0.2) is 24.4 Å². The lowest BCUT2D eigenvalue weighted by atomic mass is 10.1. The molecule has 3 nitrogen and oxygen atoms in total. The highest BCUT2D eigenvalue weighted by Gasteiger charge is 2.23. The van der Waals surface area contributed by atoms with E-state index in [2.05, 4.69) is 22.5 Å². The molecule has 1 amide bonds. The van der Waals surface area contributed by atoms with Gasteiger partial charge in [-0.1, -0.05) is 46.2 Å². The molecule has 0 aromatic heterocycles. The lowest BCUT2D eigenvalue weighted by Crippen LogP contribution is -2.35. The Bertz CT molecular complexity index is 436. The van der Waals surface area contributed by atoms with Crippen LogP contribution in [0.2, 0.25) is 0 Å². The van der Waals surface area contributed by atoms with Gasteiger partial charge in [0.1, 0.15) is 6.04 Å². The summed E-state index contributed by atoms with van der Waals surface area (Å²) < 4.78 is 0.902. The minimum Gasteiger partial charge on any atom is -0.368 e. The lowest BCUT2D eigenvalue weighted by Gasteiger charge is -2.25. The number of carbonyl (C=O) groups excluding carboxylic acids is 1. The van der Waals surface area contributed by atoms with Crippen LogP contribution >= 0.6 is 27.5 Å². The van der Waals surface area contributed by atoms with E-state index < -0.39 is 11.9 Å². The number of rotatable bonds is 5. The molecule has 1 rings (SSSR count). The first-order chi connectivity index (χ1) is 7.91. The standard InChI is InChI=1S/C12H14BrClN2O/c1-8(14)7-16(2)11(12(15)17)9-4-3-5-10(13)6-9/h3-6,11H,1,7H2,2H3,(H2,15,17). The van der Waals surface area contributed by atoms with Crippen molar-refractivity contribution in [2.45, 2.75) is 6.04 Å². The average molecular weight is 318 g/mol. The third kappa shape index (κ3) is 4.15. The Kier molecular flexibility index (Phi) is 5.18. The maximum absolute atomic E-state index is 11.5. The predicted molar refractivity (Wildman–Crippen MR) is 73.7 cm³/mol. The van der Waals surface area contributed by atoms with E-state index in [0.29, 0.717) is 11.6 Å². The van der Waals surface area contributed by atoms with Gasteiger partial charge in [-0.25, -0.2) is 0 Å². The third-order valence-electron chi connectivity index (χ3n) is 2.30. The van der Waals surface area contributed by atoms with Crippen LogP contribution in [0.5, 0.6) is 0 Å². The molecule has 0 fully saturated rings. The van der Waals surface area contributed by atoms with E-state index in [1.165, 1.54) is 0 Å². The normalized spacial score (nSPS) is 12.5. The van der Waals surface area contributed by atoms with Crippen molar-refractivity contribution in [2.24, 2.45) is 5.73 Å². The van der Waals surface area contributed by atoms with E-state index in [0.717, 1.165) is 10.0 Å². The van der Waals surface area contributed by atoms with E-state index in [4.69, 9.17) is 17.3 Å². The fourth-order valence-electron chi connectivity index (χ4n) is 1.67. The van der Waals surface area contributed by atoms with E-state index in [-0.39, 0.29) is 0 Å². The Morgan fingerprint density at radius 1 is 1.65 bits per heavy atom. The van der Waals surface area contributed by atoms with Gasteiger partial charge in [0, 0.05) is 16.0 Å². The summed E-state index contributed by atoms with van der Waals surface area (Å²) in [5, 5.41) is 0.466. The number of carbonyl (C=O) groups is 1. The van der Waals surface area contributed by atoms with Crippen LogP contribution in [0.15, 0.2) is 40.3 Å². The average Bonchev–Trinajstić information content (AvgIpc) is 2.15. The minimum atomic E-state index is -0.511. The molecular formula is C12H14BrClN2O. The summed E-state index contributed by atoms with van der Waals surface area (Å²) in [5.74, 6) is -0.413. The molecule has 92 valence electrons. The molecule has 0 heterocycles. The molecule has 5 heteroatoms. The number of hydrogen-bond donors (Lipinski definition) is 1.